The van der Waals surface area contributed by atoms with Crippen LogP contribution in [0.1, 0.15) is 41.0 Å². The Balaban J connectivity index is 3.97. The third kappa shape index (κ3) is 5.00. The molecule has 0 aliphatic rings. The Bertz CT molecular complexity index is 244. The normalized spacial score (nSPS) is 13.6. The number of aliphatic imine (C=N–C) groups is 1. The molecule has 0 radical (unpaired) electrons. The van der Waals surface area contributed by atoms with Gasteiger partial charge in [-0.15, -0.1) is 0 Å². The van der Waals surface area contributed by atoms with Crippen LogP contribution in [-0.2, 0) is 0 Å². The second-order valence-electron chi connectivity index (χ2n) is 4.00. The van der Waals surface area contributed by atoms with Crippen molar-refractivity contribution in [2.45, 2.75) is 41.0 Å². The molecule has 0 saturated heterocycles. The van der Waals surface area contributed by atoms with Gasteiger partial charge in [0.05, 0.1) is 0 Å². The van der Waals surface area contributed by atoms with Crippen molar-refractivity contribution in [2.75, 3.05) is 6.54 Å². The van der Waals surface area contributed by atoms with Crippen molar-refractivity contribution in [3.8, 4) is 0 Å². The van der Waals surface area contributed by atoms with E-state index in [0.717, 1.165) is 13.0 Å². The minimum atomic E-state index is 0.561. The van der Waals surface area contributed by atoms with Gasteiger partial charge in [-0.3, -0.25) is 4.99 Å². The van der Waals surface area contributed by atoms with Crippen LogP contribution in [0.25, 0.3) is 0 Å². The van der Waals surface area contributed by atoms with Crippen LogP contribution < -0.4 is 0 Å². The second-order valence-corrected chi connectivity index (χ2v) is 4.00. The summed E-state index contributed by atoms with van der Waals surface area (Å²) in [7, 11) is 0. The molecule has 14 heavy (non-hydrogen) atoms. The zero-order valence-corrected chi connectivity index (χ0v) is 10.2. The Hall–Kier alpha value is -0.850. The topological polar surface area (TPSA) is 12.4 Å². The van der Waals surface area contributed by atoms with Crippen molar-refractivity contribution in [3.05, 3.63) is 23.8 Å². The summed E-state index contributed by atoms with van der Waals surface area (Å²) in [4.78, 5) is 4.51. The molecule has 0 heterocycles. The van der Waals surface area contributed by atoms with Gasteiger partial charge in [0.25, 0.3) is 0 Å². The first kappa shape index (κ1) is 13.2. The Kier molecular flexibility index (Phi) is 6.18. The van der Waals surface area contributed by atoms with Crippen LogP contribution in [0.4, 0.5) is 0 Å². The molecule has 0 amide bonds. The molecule has 0 unspecified atom stereocenters. The molecule has 1 heteroatoms. The molecule has 0 N–H and O–H groups in total. The fraction of sp³-hybridized carbons (Fsp3) is 0.615. The molecule has 0 bridgehead atoms. The Morgan fingerprint density at radius 3 is 2.36 bits per heavy atom. The van der Waals surface area contributed by atoms with E-state index in [4.69, 9.17) is 0 Å². The second kappa shape index (κ2) is 6.58. The van der Waals surface area contributed by atoms with E-state index in [1.807, 2.05) is 6.92 Å². The summed E-state index contributed by atoms with van der Waals surface area (Å²) in [6.07, 6.45) is 3.07. The van der Waals surface area contributed by atoms with E-state index in [1.54, 1.807) is 0 Å². The van der Waals surface area contributed by atoms with E-state index in [-0.39, 0.29) is 0 Å². The summed E-state index contributed by atoms with van der Waals surface area (Å²) in [6.45, 7) is 15.5. The maximum Gasteiger partial charge on any atom is 0.0428 e. The maximum atomic E-state index is 4.51. The number of hydrogen-bond acceptors (Lipinski definition) is 1. The predicted octanol–water partition coefficient (Wildman–Crippen LogP) is 4.02. The van der Waals surface area contributed by atoms with Gasteiger partial charge in [0.2, 0.25) is 0 Å². The average molecular weight is 193 g/mol. The third-order valence-corrected chi connectivity index (χ3v) is 2.60. The maximum absolute atomic E-state index is 4.51. The molecule has 0 atom stereocenters. The molecule has 0 aliphatic heterocycles. The first-order valence-corrected chi connectivity index (χ1v) is 5.31. The van der Waals surface area contributed by atoms with Crippen LogP contribution in [-0.4, -0.2) is 12.3 Å². The van der Waals surface area contributed by atoms with Gasteiger partial charge in [0.1, 0.15) is 0 Å². The van der Waals surface area contributed by atoms with Crippen LogP contribution in [0.3, 0.4) is 0 Å². The molecule has 1 nitrogen and oxygen atoms in total. The van der Waals surface area contributed by atoms with Gasteiger partial charge in [-0.2, -0.15) is 0 Å². The van der Waals surface area contributed by atoms with Crippen molar-refractivity contribution in [3.63, 3.8) is 0 Å². The van der Waals surface area contributed by atoms with Gasteiger partial charge in [0.15, 0.2) is 0 Å². The fourth-order valence-electron chi connectivity index (χ4n) is 0.951. The van der Waals surface area contributed by atoms with Gasteiger partial charge in [0, 0.05) is 12.3 Å². The van der Waals surface area contributed by atoms with Gasteiger partial charge >= 0.3 is 0 Å². The molecule has 0 saturated carbocycles. The molecular weight excluding hydrogens is 170 g/mol. The van der Waals surface area contributed by atoms with Crippen LogP contribution in [0.15, 0.2) is 28.8 Å². The molecule has 0 aliphatic carbocycles. The van der Waals surface area contributed by atoms with Crippen LogP contribution in [0.5, 0.6) is 0 Å². The first-order chi connectivity index (χ1) is 6.49. The highest BCUT2D eigenvalue weighted by atomic mass is 14.7. The molecule has 0 spiro atoms. The lowest BCUT2D eigenvalue weighted by Crippen LogP contribution is -2.03. The van der Waals surface area contributed by atoms with Crippen molar-refractivity contribution in [2.24, 2.45) is 10.9 Å². The van der Waals surface area contributed by atoms with E-state index >= 15 is 0 Å². The summed E-state index contributed by atoms with van der Waals surface area (Å²) >= 11 is 0. The summed E-state index contributed by atoms with van der Waals surface area (Å²) in [6, 6.07) is 0. The first-order valence-electron chi connectivity index (χ1n) is 5.31. The lowest BCUT2D eigenvalue weighted by molar-refractivity contribution is 0.853. The van der Waals surface area contributed by atoms with E-state index in [9.17, 15) is 0 Å². The minimum Gasteiger partial charge on any atom is -0.294 e. The van der Waals surface area contributed by atoms with E-state index in [2.05, 4.69) is 45.3 Å². The lowest BCUT2D eigenvalue weighted by atomic mass is 10.1. The van der Waals surface area contributed by atoms with Crippen molar-refractivity contribution in [1.29, 1.82) is 0 Å². The molecule has 0 aromatic carbocycles. The summed E-state index contributed by atoms with van der Waals surface area (Å²) in [5.41, 5.74) is 3.71. The van der Waals surface area contributed by atoms with E-state index < -0.39 is 0 Å². The Morgan fingerprint density at radius 2 is 1.93 bits per heavy atom. The molecule has 80 valence electrons. The monoisotopic (exact) mass is 193 g/mol. The van der Waals surface area contributed by atoms with Gasteiger partial charge < -0.3 is 0 Å². The predicted molar refractivity (Wildman–Crippen MR) is 66.0 cm³/mol. The van der Waals surface area contributed by atoms with E-state index in [1.165, 1.54) is 16.9 Å². The number of rotatable bonds is 5. The quantitative estimate of drug-likeness (QED) is 0.462. The fourth-order valence-corrected chi connectivity index (χ4v) is 0.951. The van der Waals surface area contributed by atoms with Crippen LogP contribution >= 0.6 is 0 Å². The zero-order valence-electron chi connectivity index (χ0n) is 10.2. The van der Waals surface area contributed by atoms with Gasteiger partial charge in [-0.05, 0) is 33.1 Å². The summed E-state index contributed by atoms with van der Waals surface area (Å²) < 4.78 is 0. The van der Waals surface area contributed by atoms with Crippen LogP contribution in [0.2, 0.25) is 0 Å². The van der Waals surface area contributed by atoms with Crippen LogP contribution in [0, 0.1) is 5.92 Å². The van der Waals surface area contributed by atoms with Gasteiger partial charge in [-0.25, -0.2) is 0 Å². The molecule has 0 aromatic rings. The number of hydrogen-bond donors (Lipinski definition) is 0. The molecular formula is C13H23N. The largest absolute Gasteiger partial charge is 0.294 e. The number of nitrogens with zero attached hydrogens (tertiary/aromatic N) is 1. The average Bonchev–Trinajstić information content (AvgIpc) is 2.15. The molecule has 0 rings (SSSR count). The van der Waals surface area contributed by atoms with E-state index in [0.29, 0.717) is 5.92 Å². The SMILES string of the molecule is C=C(CCN=C(C)C(C)C)C(C)=CC. The summed E-state index contributed by atoms with van der Waals surface area (Å²) in [5, 5.41) is 0. The Morgan fingerprint density at radius 1 is 1.36 bits per heavy atom. The lowest BCUT2D eigenvalue weighted by Gasteiger charge is -2.06. The molecule has 0 aromatic heterocycles. The minimum absolute atomic E-state index is 0.561. The highest BCUT2D eigenvalue weighted by Gasteiger charge is 1.98. The highest BCUT2D eigenvalue weighted by molar-refractivity contribution is 5.83. The van der Waals surface area contributed by atoms with Crippen molar-refractivity contribution >= 4 is 5.71 Å². The smallest absolute Gasteiger partial charge is 0.0428 e. The highest BCUT2D eigenvalue weighted by Crippen LogP contribution is 2.10. The summed E-state index contributed by atoms with van der Waals surface area (Å²) in [5.74, 6) is 0.561. The number of allylic oxidation sites excluding steroid dienone is 2. The third-order valence-electron chi connectivity index (χ3n) is 2.60. The van der Waals surface area contributed by atoms with Gasteiger partial charge in [-0.1, -0.05) is 37.6 Å². The molecule has 0 fully saturated rings. The van der Waals surface area contributed by atoms with Crippen molar-refractivity contribution < 1.29 is 0 Å². The zero-order chi connectivity index (χ0) is 11.1. The standard InChI is InChI=1S/C13H23N/c1-7-11(4)12(5)8-9-14-13(6)10(2)3/h7,10H,5,8-9H2,1-4,6H3. The Labute approximate surface area is 88.6 Å². The van der Waals surface area contributed by atoms with Crippen molar-refractivity contribution in [1.82, 2.24) is 0 Å².